The second-order valence-corrected chi connectivity index (χ2v) is 8.28. The fourth-order valence-corrected chi connectivity index (χ4v) is 3.46. The van der Waals surface area contributed by atoms with Crippen molar-refractivity contribution in [2.24, 2.45) is 7.05 Å². The van der Waals surface area contributed by atoms with Crippen molar-refractivity contribution in [3.63, 3.8) is 0 Å². The molecule has 0 amide bonds. The molecule has 2 aromatic heterocycles. The van der Waals surface area contributed by atoms with Crippen molar-refractivity contribution in [1.29, 1.82) is 0 Å². The third kappa shape index (κ3) is 4.26. The van der Waals surface area contributed by atoms with E-state index >= 15 is 0 Å². The van der Waals surface area contributed by atoms with Crippen LogP contribution in [0.15, 0.2) is 50.4 Å². The van der Waals surface area contributed by atoms with Gasteiger partial charge in [0.1, 0.15) is 10.6 Å². The zero-order valence-corrected chi connectivity index (χ0v) is 16.7. The number of rotatable bonds is 6. The molecule has 3 rings (SSSR count). The van der Waals surface area contributed by atoms with Crippen LogP contribution in [0.1, 0.15) is 16.4 Å². The van der Waals surface area contributed by atoms with Crippen LogP contribution in [-0.2, 0) is 28.4 Å². The van der Waals surface area contributed by atoms with E-state index in [2.05, 4.69) is 30.8 Å². The van der Waals surface area contributed by atoms with Gasteiger partial charge in [0, 0.05) is 23.3 Å². The third-order valence-electron chi connectivity index (χ3n) is 3.65. The van der Waals surface area contributed by atoms with Gasteiger partial charge in [0.15, 0.2) is 6.61 Å². The highest BCUT2D eigenvalue weighted by atomic mass is 79.9. The first kappa shape index (κ1) is 19.3. The molecular formula is C16H15BrN4O5S. The molecule has 0 aliphatic heterocycles. The summed E-state index contributed by atoms with van der Waals surface area (Å²) in [6.07, 6.45) is 1.32. The molecule has 0 spiro atoms. The van der Waals surface area contributed by atoms with Crippen LogP contribution in [0.3, 0.4) is 0 Å². The highest BCUT2D eigenvalue weighted by molar-refractivity contribution is 9.10. The summed E-state index contributed by atoms with van der Waals surface area (Å²) in [7, 11) is -0.819. The Kier molecular flexibility index (Phi) is 5.44. The molecule has 27 heavy (non-hydrogen) atoms. The van der Waals surface area contributed by atoms with E-state index < -0.39 is 16.0 Å². The molecule has 0 saturated heterocycles. The van der Waals surface area contributed by atoms with Crippen molar-refractivity contribution in [2.75, 3.05) is 7.05 Å². The zero-order chi connectivity index (χ0) is 19.6. The van der Waals surface area contributed by atoms with Crippen LogP contribution >= 0.6 is 15.9 Å². The first-order valence-corrected chi connectivity index (χ1v) is 9.93. The number of carbonyl (C=O) groups excluding carboxylic acids is 1. The number of aromatic nitrogens is 3. The maximum absolute atomic E-state index is 12.2. The number of sulfonamides is 1. The van der Waals surface area contributed by atoms with Crippen LogP contribution in [0.5, 0.6) is 0 Å². The van der Waals surface area contributed by atoms with Gasteiger partial charge in [-0.3, -0.25) is 0 Å². The summed E-state index contributed by atoms with van der Waals surface area (Å²) in [5.41, 5.74) is 0.825. The van der Waals surface area contributed by atoms with Crippen LogP contribution in [0.25, 0.3) is 11.4 Å². The van der Waals surface area contributed by atoms with Gasteiger partial charge in [-0.25, -0.2) is 17.9 Å². The number of carbonyl (C=O) groups is 1. The Morgan fingerprint density at radius 2 is 2.15 bits per heavy atom. The number of halogens is 1. The van der Waals surface area contributed by atoms with Gasteiger partial charge in [0.25, 0.3) is 5.89 Å². The molecule has 3 aromatic rings. The lowest BCUT2D eigenvalue weighted by molar-refractivity contribution is 0.0418. The standard InChI is InChI=1S/C16H15BrN4O5S/c1-18-27(23,24)12-7-13(21(2)8-12)16(22)25-9-14-19-15(20-26-14)10-4-3-5-11(17)6-10/h3-8,18H,9H2,1-2H3. The van der Waals surface area contributed by atoms with Gasteiger partial charge in [-0.1, -0.05) is 33.2 Å². The van der Waals surface area contributed by atoms with Gasteiger partial charge in [-0.05, 0) is 25.2 Å². The average molecular weight is 455 g/mol. The normalized spacial score (nSPS) is 11.5. The molecule has 0 unspecified atom stereocenters. The Hall–Kier alpha value is -2.50. The maximum atomic E-state index is 12.2. The molecule has 142 valence electrons. The Morgan fingerprint density at radius 3 is 2.85 bits per heavy atom. The lowest BCUT2D eigenvalue weighted by Crippen LogP contribution is -2.17. The molecule has 0 radical (unpaired) electrons. The van der Waals surface area contributed by atoms with E-state index in [1.165, 1.54) is 23.9 Å². The van der Waals surface area contributed by atoms with Gasteiger partial charge in [0.2, 0.25) is 15.8 Å². The predicted octanol–water partition coefficient (Wildman–Crippen LogP) is 2.10. The largest absolute Gasteiger partial charge is 0.451 e. The lowest BCUT2D eigenvalue weighted by Gasteiger charge is -2.02. The Labute approximate surface area is 163 Å². The monoisotopic (exact) mass is 454 g/mol. The Bertz CT molecular complexity index is 1090. The van der Waals surface area contributed by atoms with Crippen molar-refractivity contribution in [1.82, 2.24) is 19.4 Å². The molecule has 0 atom stereocenters. The molecule has 0 aliphatic carbocycles. The summed E-state index contributed by atoms with van der Waals surface area (Å²) in [6.45, 7) is -0.237. The molecular weight excluding hydrogens is 440 g/mol. The first-order chi connectivity index (χ1) is 12.8. The second-order valence-electron chi connectivity index (χ2n) is 5.48. The van der Waals surface area contributed by atoms with E-state index in [0.29, 0.717) is 5.82 Å². The lowest BCUT2D eigenvalue weighted by atomic mass is 10.2. The number of esters is 1. The van der Waals surface area contributed by atoms with E-state index in [1.807, 2.05) is 24.3 Å². The summed E-state index contributed by atoms with van der Waals surface area (Å²) in [5, 5.41) is 3.85. The molecule has 0 aliphatic rings. The first-order valence-electron chi connectivity index (χ1n) is 7.65. The number of aryl methyl sites for hydroxylation is 1. The van der Waals surface area contributed by atoms with E-state index in [9.17, 15) is 13.2 Å². The summed E-state index contributed by atoms with van der Waals surface area (Å²) in [6, 6.07) is 8.58. The number of ether oxygens (including phenoxy) is 1. The third-order valence-corrected chi connectivity index (χ3v) is 5.52. The fraction of sp³-hybridized carbons (Fsp3) is 0.188. The molecule has 1 aromatic carbocycles. The van der Waals surface area contributed by atoms with Gasteiger partial charge in [-0.2, -0.15) is 4.98 Å². The van der Waals surface area contributed by atoms with Crippen LogP contribution in [0.4, 0.5) is 0 Å². The second kappa shape index (κ2) is 7.62. The Balaban J connectivity index is 1.70. The van der Waals surface area contributed by atoms with Crippen LogP contribution in [0.2, 0.25) is 0 Å². The number of benzene rings is 1. The highest BCUT2D eigenvalue weighted by Crippen LogP contribution is 2.21. The SMILES string of the molecule is CNS(=O)(=O)c1cc(C(=O)OCc2nc(-c3cccc(Br)c3)no2)n(C)c1. The fourth-order valence-electron chi connectivity index (χ4n) is 2.26. The smallest absolute Gasteiger partial charge is 0.355 e. The van der Waals surface area contributed by atoms with Crippen molar-refractivity contribution in [3.05, 3.63) is 52.6 Å². The molecule has 0 bridgehead atoms. The summed E-state index contributed by atoms with van der Waals surface area (Å²) >= 11 is 3.36. The summed E-state index contributed by atoms with van der Waals surface area (Å²) < 4.78 is 38.3. The number of nitrogens with one attached hydrogen (secondary N) is 1. The molecule has 1 N–H and O–H groups in total. The van der Waals surface area contributed by atoms with Crippen molar-refractivity contribution >= 4 is 31.9 Å². The molecule has 0 saturated carbocycles. The minimum absolute atomic E-state index is 0.0332. The van der Waals surface area contributed by atoms with Crippen molar-refractivity contribution in [3.8, 4) is 11.4 Å². The quantitative estimate of drug-likeness (QED) is 0.566. The van der Waals surface area contributed by atoms with Gasteiger partial charge in [-0.15, -0.1) is 0 Å². The van der Waals surface area contributed by atoms with E-state index in [-0.39, 0.29) is 23.1 Å². The van der Waals surface area contributed by atoms with Crippen molar-refractivity contribution in [2.45, 2.75) is 11.5 Å². The minimum Gasteiger partial charge on any atom is -0.451 e. The molecule has 2 heterocycles. The van der Waals surface area contributed by atoms with E-state index in [1.54, 1.807) is 7.05 Å². The highest BCUT2D eigenvalue weighted by Gasteiger charge is 2.21. The van der Waals surface area contributed by atoms with Crippen LogP contribution in [0, 0.1) is 0 Å². The molecule has 9 nitrogen and oxygen atoms in total. The minimum atomic E-state index is -3.65. The number of hydrogen-bond acceptors (Lipinski definition) is 7. The molecule has 11 heteroatoms. The number of hydrogen-bond donors (Lipinski definition) is 1. The zero-order valence-electron chi connectivity index (χ0n) is 14.3. The van der Waals surface area contributed by atoms with Gasteiger partial charge < -0.3 is 13.8 Å². The molecule has 0 fully saturated rings. The number of nitrogens with zero attached hydrogens (tertiary/aromatic N) is 3. The van der Waals surface area contributed by atoms with Gasteiger partial charge >= 0.3 is 5.97 Å². The Morgan fingerprint density at radius 1 is 1.37 bits per heavy atom. The van der Waals surface area contributed by atoms with Crippen LogP contribution < -0.4 is 4.72 Å². The summed E-state index contributed by atoms with van der Waals surface area (Å²) in [5.74, 6) is -0.225. The van der Waals surface area contributed by atoms with Gasteiger partial charge in [0.05, 0.1) is 0 Å². The maximum Gasteiger partial charge on any atom is 0.355 e. The average Bonchev–Trinajstić information content (AvgIpc) is 3.27. The van der Waals surface area contributed by atoms with E-state index in [0.717, 1.165) is 10.0 Å². The summed E-state index contributed by atoms with van der Waals surface area (Å²) in [4.78, 5) is 16.4. The topological polar surface area (TPSA) is 116 Å². The predicted molar refractivity (Wildman–Crippen MR) is 98.2 cm³/mol. The van der Waals surface area contributed by atoms with Crippen LogP contribution in [-0.4, -0.2) is 36.1 Å². The van der Waals surface area contributed by atoms with Crippen molar-refractivity contribution < 1.29 is 22.5 Å². The van der Waals surface area contributed by atoms with E-state index in [4.69, 9.17) is 9.26 Å².